The minimum atomic E-state index is -0.310. The van der Waals surface area contributed by atoms with E-state index in [9.17, 15) is 5.11 Å². The molecule has 2 nitrogen and oxygen atoms in total. The van der Waals surface area contributed by atoms with Crippen LogP contribution in [0.15, 0.2) is 24.4 Å². The van der Waals surface area contributed by atoms with E-state index in [0.29, 0.717) is 0 Å². The first-order chi connectivity index (χ1) is 6.13. The third-order valence-electron chi connectivity index (χ3n) is 2.35. The standard InChI is InChI=1S/C11H17NO/c1-8(2)11(13)9(3)10-6-4-5-7-12-10/h4-9,11,13H,1-3H3. The van der Waals surface area contributed by atoms with Gasteiger partial charge in [-0.15, -0.1) is 0 Å². The molecule has 0 radical (unpaired) electrons. The van der Waals surface area contributed by atoms with Gasteiger partial charge in [0.05, 0.1) is 6.10 Å². The van der Waals surface area contributed by atoms with Gasteiger partial charge in [0.25, 0.3) is 0 Å². The molecule has 0 aliphatic carbocycles. The molecule has 2 atom stereocenters. The van der Waals surface area contributed by atoms with Crippen LogP contribution in [0.5, 0.6) is 0 Å². The summed E-state index contributed by atoms with van der Waals surface area (Å²) >= 11 is 0. The van der Waals surface area contributed by atoms with Crippen LogP contribution in [-0.4, -0.2) is 16.2 Å². The first-order valence-corrected chi connectivity index (χ1v) is 4.72. The predicted molar refractivity (Wildman–Crippen MR) is 53.5 cm³/mol. The monoisotopic (exact) mass is 179 g/mol. The summed E-state index contributed by atoms with van der Waals surface area (Å²) in [6.07, 6.45) is 1.45. The fourth-order valence-electron chi connectivity index (χ4n) is 1.40. The zero-order valence-electron chi connectivity index (χ0n) is 8.44. The summed E-state index contributed by atoms with van der Waals surface area (Å²) in [4.78, 5) is 4.22. The van der Waals surface area contributed by atoms with Crippen LogP contribution < -0.4 is 0 Å². The Hall–Kier alpha value is -0.890. The van der Waals surface area contributed by atoms with E-state index in [-0.39, 0.29) is 17.9 Å². The molecule has 1 rings (SSSR count). The van der Waals surface area contributed by atoms with E-state index in [2.05, 4.69) is 4.98 Å². The molecule has 72 valence electrons. The van der Waals surface area contributed by atoms with Crippen molar-refractivity contribution >= 4 is 0 Å². The van der Waals surface area contributed by atoms with Gasteiger partial charge < -0.3 is 5.11 Å². The van der Waals surface area contributed by atoms with Crippen LogP contribution in [0.2, 0.25) is 0 Å². The summed E-state index contributed by atoms with van der Waals surface area (Å²) in [7, 11) is 0. The maximum Gasteiger partial charge on any atom is 0.0644 e. The highest BCUT2D eigenvalue weighted by Gasteiger charge is 2.19. The molecule has 0 aromatic carbocycles. The van der Waals surface area contributed by atoms with Crippen LogP contribution in [0.25, 0.3) is 0 Å². The summed E-state index contributed by atoms with van der Waals surface area (Å²) in [5.41, 5.74) is 0.962. The van der Waals surface area contributed by atoms with Crippen LogP contribution in [0.3, 0.4) is 0 Å². The smallest absolute Gasteiger partial charge is 0.0644 e. The first-order valence-electron chi connectivity index (χ1n) is 4.72. The van der Waals surface area contributed by atoms with Crippen molar-refractivity contribution in [1.82, 2.24) is 4.98 Å². The molecule has 0 spiro atoms. The Morgan fingerprint density at radius 2 is 1.92 bits per heavy atom. The Labute approximate surface area is 79.6 Å². The van der Waals surface area contributed by atoms with E-state index in [4.69, 9.17) is 0 Å². The molecular formula is C11H17NO. The minimum Gasteiger partial charge on any atom is -0.392 e. The molecule has 1 N–H and O–H groups in total. The van der Waals surface area contributed by atoms with Crippen molar-refractivity contribution in [3.05, 3.63) is 30.1 Å². The second-order valence-corrected chi connectivity index (χ2v) is 3.78. The van der Waals surface area contributed by atoms with E-state index in [1.807, 2.05) is 39.0 Å². The number of rotatable bonds is 3. The van der Waals surface area contributed by atoms with Crippen molar-refractivity contribution in [2.24, 2.45) is 5.92 Å². The van der Waals surface area contributed by atoms with Crippen molar-refractivity contribution in [2.45, 2.75) is 32.8 Å². The van der Waals surface area contributed by atoms with Crippen molar-refractivity contribution in [1.29, 1.82) is 0 Å². The molecule has 13 heavy (non-hydrogen) atoms. The second kappa shape index (κ2) is 4.38. The van der Waals surface area contributed by atoms with Gasteiger partial charge in [0.2, 0.25) is 0 Å². The number of hydrogen-bond donors (Lipinski definition) is 1. The molecular weight excluding hydrogens is 162 g/mol. The van der Waals surface area contributed by atoms with Gasteiger partial charge in [-0.05, 0) is 18.1 Å². The van der Waals surface area contributed by atoms with Crippen molar-refractivity contribution < 1.29 is 5.11 Å². The quantitative estimate of drug-likeness (QED) is 0.771. The number of aliphatic hydroxyl groups excluding tert-OH is 1. The SMILES string of the molecule is CC(C)C(O)C(C)c1ccccn1. The van der Waals surface area contributed by atoms with E-state index in [1.165, 1.54) is 0 Å². The normalized spacial score (nSPS) is 15.8. The number of aromatic nitrogens is 1. The molecule has 0 fully saturated rings. The van der Waals surface area contributed by atoms with Crippen LogP contribution in [0.1, 0.15) is 32.4 Å². The molecule has 0 aliphatic rings. The Morgan fingerprint density at radius 3 is 2.38 bits per heavy atom. The summed E-state index contributed by atoms with van der Waals surface area (Å²) in [6.45, 7) is 6.04. The van der Waals surface area contributed by atoms with Crippen LogP contribution in [0, 0.1) is 5.92 Å². The molecule has 2 unspecified atom stereocenters. The van der Waals surface area contributed by atoms with Gasteiger partial charge in [0.1, 0.15) is 0 Å². The van der Waals surface area contributed by atoms with Gasteiger partial charge >= 0.3 is 0 Å². The van der Waals surface area contributed by atoms with E-state index in [1.54, 1.807) is 6.20 Å². The van der Waals surface area contributed by atoms with Gasteiger partial charge in [-0.2, -0.15) is 0 Å². The zero-order chi connectivity index (χ0) is 9.84. The molecule has 0 bridgehead atoms. The largest absolute Gasteiger partial charge is 0.392 e. The molecule has 1 aromatic heterocycles. The highest BCUT2D eigenvalue weighted by Crippen LogP contribution is 2.21. The predicted octanol–water partition coefficient (Wildman–Crippen LogP) is 2.20. The molecule has 0 saturated carbocycles. The van der Waals surface area contributed by atoms with Gasteiger partial charge in [-0.25, -0.2) is 0 Å². The Bertz CT molecular complexity index is 246. The lowest BCUT2D eigenvalue weighted by Gasteiger charge is -2.21. The lowest BCUT2D eigenvalue weighted by atomic mass is 9.92. The topological polar surface area (TPSA) is 33.1 Å². The fraction of sp³-hybridized carbons (Fsp3) is 0.545. The highest BCUT2D eigenvalue weighted by molar-refractivity contribution is 5.10. The summed E-state index contributed by atoms with van der Waals surface area (Å²) in [5.74, 6) is 0.387. The average Bonchev–Trinajstić information content (AvgIpc) is 2.17. The van der Waals surface area contributed by atoms with Crippen LogP contribution >= 0.6 is 0 Å². The number of hydrogen-bond acceptors (Lipinski definition) is 2. The Morgan fingerprint density at radius 1 is 1.23 bits per heavy atom. The lowest BCUT2D eigenvalue weighted by molar-refractivity contribution is 0.101. The summed E-state index contributed by atoms with van der Waals surface area (Å²) < 4.78 is 0. The summed E-state index contributed by atoms with van der Waals surface area (Å²) in [5, 5.41) is 9.81. The first kappa shape index (κ1) is 10.2. The van der Waals surface area contributed by atoms with Crippen molar-refractivity contribution in [3.63, 3.8) is 0 Å². The number of nitrogens with zero attached hydrogens (tertiary/aromatic N) is 1. The third-order valence-corrected chi connectivity index (χ3v) is 2.35. The molecule has 2 heteroatoms. The third kappa shape index (κ3) is 2.52. The molecule has 1 aromatic rings. The van der Waals surface area contributed by atoms with E-state index in [0.717, 1.165) is 5.69 Å². The average molecular weight is 179 g/mol. The lowest BCUT2D eigenvalue weighted by Crippen LogP contribution is -2.22. The van der Waals surface area contributed by atoms with Crippen molar-refractivity contribution in [2.75, 3.05) is 0 Å². The van der Waals surface area contributed by atoms with Crippen LogP contribution in [-0.2, 0) is 0 Å². The second-order valence-electron chi connectivity index (χ2n) is 3.78. The molecule has 0 aliphatic heterocycles. The number of aliphatic hydroxyl groups is 1. The molecule has 1 heterocycles. The molecule has 0 saturated heterocycles. The Kier molecular flexibility index (Phi) is 3.43. The molecule has 0 amide bonds. The van der Waals surface area contributed by atoms with Gasteiger partial charge in [-0.1, -0.05) is 26.8 Å². The van der Waals surface area contributed by atoms with E-state index < -0.39 is 0 Å². The maximum atomic E-state index is 9.81. The van der Waals surface area contributed by atoms with Crippen molar-refractivity contribution in [3.8, 4) is 0 Å². The Balaban J connectivity index is 2.73. The van der Waals surface area contributed by atoms with Gasteiger partial charge in [-0.3, -0.25) is 4.98 Å². The highest BCUT2D eigenvalue weighted by atomic mass is 16.3. The summed E-state index contributed by atoms with van der Waals surface area (Å²) in [6, 6.07) is 5.79. The van der Waals surface area contributed by atoms with Gasteiger partial charge in [0.15, 0.2) is 0 Å². The zero-order valence-corrected chi connectivity index (χ0v) is 8.44. The maximum absolute atomic E-state index is 9.81. The minimum absolute atomic E-state index is 0.112. The fourth-order valence-corrected chi connectivity index (χ4v) is 1.40. The van der Waals surface area contributed by atoms with Gasteiger partial charge in [0, 0.05) is 17.8 Å². The van der Waals surface area contributed by atoms with Crippen LogP contribution in [0.4, 0.5) is 0 Å². The van der Waals surface area contributed by atoms with E-state index >= 15 is 0 Å². The number of pyridine rings is 1.